The Morgan fingerprint density at radius 3 is 3.00 bits per heavy atom. The van der Waals surface area contributed by atoms with Crippen LogP contribution >= 0.6 is 27.7 Å². The van der Waals surface area contributed by atoms with E-state index in [1.54, 1.807) is 0 Å². The standard InChI is InChI=1S/C15H16BrN3S/c16-12-7-10(8-17)5-6-14(12)19-15-18-13-4-2-1-3-11(13)9-20-15/h5-7,11,13H,1-4,9H2,(H,18,19). The van der Waals surface area contributed by atoms with Crippen LogP contribution in [-0.4, -0.2) is 17.0 Å². The van der Waals surface area contributed by atoms with Crippen molar-refractivity contribution in [1.29, 1.82) is 5.26 Å². The van der Waals surface area contributed by atoms with Crippen LogP contribution in [0.5, 0.6) is 0 Å². The first-order valence-electron chi connectivity index (χ1n) is 6.93. The normalized spacial score (nSPS) is 25.3. The maximum Gasteiger partial charge on any atom is 0.161 e. The number of hydrogen-bond donors (Lipinski definition) is 1. The van der Waals surface area contributed by atoms with E-state index in [1.165, 1.54) is 31.4 Å². The SMILES string of the molecule is N#Cc1ccc(NC2=NC3CCCCC3CS2)c(Br)c1. The van der Waals surface area contributed by atoms with Crippen molar-refractivity contribution < 1.29 is 0 Å². The number of hydrogen-bond acceptors (Lipinski definition) is 4. The predicted octanol–water partition coefficient (Wildman–Crippen LogP) is 4.39. The fourth-order valence-electron chi connectivity index (χ4n) is 2.80. The second-order valence-electron chi connectivity index (χ2n) is 5.29. The molecule has 1 aromatic rings. The molecule has 20 heavy (non-hydrogen) atoms. The van der Waals surface area contributed by atoms with Gasteiger partial charge in [-0.15, -0.1) is 0 Å². The highest BCUT2D eigenvalue weighted by Gasteiger charge is 2.29. The molecular weight excluding hydrogens is 334 g/mol. The Bertz CT molecular complexity index is 579. The lowest BCUT2D eigenvalue weighted by Gasteiger charge is -2.32. The van der Waals surface area contributed by atoms with Gasteiger partial charge in [0.1, 0.15) is 0 Å². The molecule has 3 nitrogen and oxygen atoms in total. The van der Waals surface area contributed by atoms with Crippen molar-refractivity contribution in [1.82, 2.24) is 0 Å². The molecule has 0 amide bonds. The van der Waals surface area contributed by atoms with Gasteiger partial charge in [-0.05, 0) is 52.9 Å². The lowest BCUT2D eigenvalue weighted by atomic mass is 9.86. The molecule has 1 fully saturated rings. The lowest BCUT2D eigenvalue weighted by molar-refractivity contribution is 0.336. The number of benzene rings is 1. The molecule has 1 saturated carbocycles. The average Bonchev–Trinajstić information content (AvgIpc) is 2.49. The van der Waals surface area contributed by atoms with E-state index in [0.29, 0.717) is 11.6 Å². The number of amidine groups is 1. The van der Waals surface area contributed by atoms with Gasteiger partial charge in [-0.1, -0.05) is 24.6 Å². The number of nitriles is 1. The number of halogens is 1. The van der Waals surface area contributed by atoms with Gasteiger partial charge in [0, 0.05) is 10.2 Å². The molecule has 3 rings (SSSR count). The summed E-state index contributed by atoms with van der Waals surface area (Å²) < 4.78 is 0.908. The first kappa shape index (κ1) is 14.0. The van der Waals surface area contributed by atoms with Gasteiger partial charge in [0.25, 0.3) is 0 Å². The van der Waals surface area contributed by atoms with E-state index >= 15 is 0 Å². The van der Waals surface area contributed by atoms with Gasteiger partial charge < -0.3 is 5.32 Å². The van der Waals surface area contributed by atoms with E-state index in [2.05, 4.69) is 27.3 Å². The van der Waals surface area contributed by atoms with Crippen LogP contribution in [-0.2, 0) is 0 Å². The molecule has 1 N–H and O–H groups in total. The minimum Gasteiger partial charge on any atom is -0.334 e. The first-order chi connectivity index (χ1) is 9.76. The van der Waals surface area contributed by atoms with E-state index in [0.717, 1.165) is 21.2 Å². The van der Waals surface area contributed by atoms with E-state index in [-0.39, 0.29) is 0 Å². The summed E-state index contributed by atoms with van der Waals surface area (Å²) in [6.45, 7) is 0. The molecule has 0 radical (unpaired) electrons. The van der Waals surface area contributed by atoms with Gasteiger partial charge in [-0.2, -0.15) is 5.26 Å². The van der Waals surface area contributed by atoms with Crippen LogP contribution < -0.4 is 5.32 Å². The van der Waals surface area contributed by atoms with Crippen molar-refractivity contribution in [3.63, 3.8) is 0 Å². The molecule has 0 saturated heterocycles. The summed E-state index contributed by atoms with van der Waals surface area (Å²) in [5, 5.41) is 13.3. The maximum atomic E-state index is 8.88. The molecule has 1 aliphatic heterocycles. The second-order valence-corrected chi connectivity index (χ2v) is 7.15. The van der Waals surface area contributed by atoms with Gasteiger partial charge in [-0.3, -0.25) is 4.99 Å². The molecular formula is C15H16BrN3S. The Labute approximate surface area is 132 Å². The number of nitrogens with one attached hydrogen (secondary N) is 1. The number of anilines is 1. The molecule has 0 bridgehead atoms. The van der Waals surface area contributed by atoms with Gasteiger partial charge in [-0.25, -0.2) is 0 Å². The van der Waals surface area contributed by atoms with Crippen molar-refractivity contribution in [2.45, 2.75) is 31.7 Å². The van der Waals surface area contributed by atoms with E-state index in [4.69, 9.17) is 10.3 Å². The molecule has 1 aliphatic carbocycles. The van der Waals surface area contributed by atoms with E-state index in [1.807, 2.05) is 30.0 Å². The molecule has 0 spiro atoms. The minimum absolute atomic E-state index is 0.504. The highest BCUT2D eigenvalue weighted by Crippen LogP contribution is 2.35. The highest BCUT2D eigenvalue weighted by atomic mass is 79.9. The van der Waals surface area contributed by atoms with Crippen LogP contribution in [0.1, 0.15) is 31.2 Å². The minimum atomic E-state index is 0.504. The number of fused-ring (bicyclic) bond motifs is 1. The molecule has 5 heteroatoms. The Kier molecular flexibility index (Phi) is 4.32. The molecule has 104 valence electrons. The lowest BCUT2D eigenvalue weighted by Crippen LogP contribution is -2.31. The molecule has 2 unspecified atom stereocenters. The Morgan fingerprint density at radius 2 is 2.20 bits per heavy atom. The van der Waals surface area contributed by atoms with Crippen LogP contribution in [0, 0.1) is 17.2 Å². The zero-order chi connectivity index (χ0) is 13.9. The van der Waals surface area contributed by atoms with Crippen molar-refractivity contribution in [3.8, 4) is 6.07 Å². The summed E-state index contributed by atoms with van der Waals surface area (Å²) in [7, 11) is 0. The Hall–Kier alpha value is -0.990. The Balaban J connectivity index is 1.75. The number of rotatable bonds is 1. The van der Waals surface area contributed by atoms with Crippen molar-refractivity contribution >= 4 is 38.5 Å². The average molecular weight is 350 g/mol. The summed E-state index contributed by atoms with van der Waals surface area (Å²) in [6.07, 6.45) is 5.23. The van der Waals surface area contributed by atoms with Crippen LogP contribution in [0.4, 0.5) is 5.69 Å². The van der Waals surface area contributed by atoms with Crippen molar-refractivity contribution in [2.75, 3.05) is 11.1 Å². The monoisotopic (exact) mass is 349 g/mol. The van der Waals surface area contributed by atoms with Crippen LogP contribution in [0.15, 0.2) is 27.7 Å². The van der Waals surface area contributed by atoms with E-state index in [9.17, 15) is 0 Å². The second kappa shape index (κ2) is 6.19. The van der Waals surface area contributed by atoms with Gasteiger partial charge in [0.15, 0.2) is 5.17 Å². The molecule has 1 heterocycles. The smallest absolute Gasteiger partial charge is 0.161 e. The van der Waals surface area contributed by atoms with Gasteiger partial charge >= 0.3 is 0 Å². The zero-order valence-corrected chi connectivity index (χ0v) is 13.5. The number of aliphatic imine (C=N–C) groups is 1. The van der Waals surface area contributed by atoms with Gasteiger partial charge in [0.2, 0.25) is 0 Å². The molecule has 2 atom stereocenters. The number of nitrogens with zero attached hydrogens (tertiary/aromatic N) is 2. The first-order valence-corrected chi connectivity index (χ1v) is 8.71. The summed E-state index contributed by atoms with van der Waals surface area (Å²) >= 11 is 5.32. The van der Waals surface area contributed by atoms with Gasteiger partial charge in [0.05, 0.1) is 23.4 Å². The van der Waals surface area contributed by atoms with Crippen LogP contribution in [0.25, 0.3) is 0 Å². The van der Waals surface area contributed by atoms with Crippen LogP contribution in [0.2, 0.25) is 0 Å². The molecule has 2 aliphatic rings. The summed E-state index contributed by atoms with van der Waals surface area (Å²) in [5.41, 5.74) is 1.64. The van der Waals surface area contributed by atoms with Crippen molar-refractivity contribution in [2.24, 2.45) is 10.9 Å². The van der Waals surface area contributed by atoms with Crippen LogP contribution in [0.3, 0.4) is 0 Å². The topological polar surface area (TPSA) is 48.2 Å². The third kappa shape index (κ3) is 3.02. The molecule has 0 aromatic heterocycles. The third-order valence-corrected chi connectivity index (χ3v) is 5.66. The Morgan fingerprint density at radius 1 is 1.35 bits per heavy atom. The summed E-state index contributed by atoms with van der Waals surface area (Å²) in [5.74, 6) is 1.94. The fraction of sp³-hybridized carbons (Fsp3) is 0.467. The largest absolute Gasteiger partial charge is 0.334 e. The van der Waals surface area contributed by atoms with Crippen molar-refractivity contribution in [3.05, 3.63) is 28.2 Å². The zero-order valence-electron chi connectivity index (χ0n) is 11.1. The van der Waals surface area contributed by atoms with E-state index < -0.39 is 0 Å². The molecule has 1 aromatic carbocycles. The highest BCUT2D eigenvalue weighted by molar-refractivity contribution is 9.10. The predicted molar refractivity (Wildman–Crippen MR) is 88.1 cm³/mol. The summed E-state index contributed by atoms with van der Waals surface area (Å²) in [4.78, 5) is 4.87. The quantitative estimate of drug-likeness (QED) is 0.817. The third-order valence-electron chi connectivity index (χ3n) is 3.93. The maximum absolute atomic E-state index is 8.88. The summed E-state index contributed by atoms with van der Waals surface area (Å²) in [6, 6.07) is 8.23. The fourth-order valence-corrected chi connectivity index (χ4v) is 4.43. The number of thioether (sulfide) groups is 1.